The first-order valence-corrected chi connectivity index (χ1v) is 7.84. The molecular formula is C15H30N4. The third-order valence-electron chi connectivity index (χ3n) is 5.07. The summed E-state index contributed by atoms with van der Waals surface area (Å²) < 4.78 is 0. The molecule has 2 saturated carbocycles. The molecule has 0 saturated heterocycles. The molecule has 0 aliphatic heterocycles. The SMILES string of the molecule is CN(C)C1(CN=C(N)NCC2CCC2)CCCCC1. The van der Waals surface area contributed by atoms with Gasteiger partial charge in [0.1, 0.15) is 0 Å². The second-order valence-electron chi connectivity index (χ2n) is 6.56. The van der Waals surface area contributed by atoms with Gasteiger partial charge >= 0.3 is 0 Å². The quantitative estimate of drug-likeness (QED) is 0.591. The smallest absolute Gasteiger partial charge is 0.188 e. The van der Waals surface area contributed by atoms with Gasteiger partial charge < -0.3 is 16.0 Å². The predicted molar refractivity (Wildman–Crippen MR) is 81.3 cm³/mol. The molecule has 2 fully saturated rings. The maximum absolute atomic E-state index is 6.00. The molecule has 2 aliphatic carbocycles. The summed E-state index contributed by atoms with van der Waals surface area (Å²) in [4.78, 5) is 6.97. The summed E-state index contributed by atoms with van der Waals surface area (Å²) in [6.45, 7) is 1.84. The van der Waals surface area contributed by atoms with Crippen molar-refractivity contribution < 1.29 is 0 Å². The van der Waals surface area contributed by atoms with Gasteiger partial charge in [0.05, 0.1) is 6.54 Å². The van der Waals surface area contributed by atoms with Crippen LogP contribution in [0.1, 0.15) is 51.4 Å². The fraction of sp³-hybridized carbons (Fsp3) is 0.933. The van der Waals surface area contributed by atoms with Gasteiger partial charge in [-0.3, -0.25) is 4.99 Å². The van der Waals surface area contributed by atoms with Gasteiger partial charge in [-0.05, 0) is 45.7 Å². The van der Waals surface area contributed by atoms with Crippen molar-refractivity contribution >= 4 is 5.96 Å². The number of nitrogens with two attached hydrogens (primary N) is 1. The number of rotatable bonds is 5. The van der Waals surface area contributed by atoms with Crippen molar-refractivity contribution in [1.29, 1.82) is 0 Å². The number of nitrogens with one attached hydrogen (secondary N) is 1. The molecule has 0 aromatic heterocycles. The summed E-state index contributed by atoms with van der Waals surface area (Å²) in [6.07, 6.45) is 10.6. The monoisotopic (exact) mass is 266 g/mol. The van der Waals surface area contributed by atoms with Crippen LogP contribution in [-0.2, 0) is 0 Å². The summed E-state index contributed by atoms with van der Waals surface area (Å²) in [5.74, 6) is 1.46. The summed E-state index contributed by atoms with van der Waals surface area (Å²) in [7, 11) is 4.36. The van der Waals surface area contributed by atoms with E-state index in [4.69, 9.17) is 5.73 Å². The van der Waals surface area contributed by atoms with Crippen LogP contribution in [0.2, 0.25) is 0 Å². The Hall–Kier alpha value is -0.770. The van der Waals surface area contributed by atoms with Crippen LogP contribution in [0.3, 0.4) is 0 Å². The molecule has 3 N–H and O–H groups in total. The Balaban J connectivity index is 1.82. The number of guanidine groups is 1. The maximum atomic E-state index is 6.00. The highest BCUT2D eigenvalue weighted by atomic mass is 15.2. The van der Waals surface area contributed by atoms with Crippen LogP contribution < -0.4 is 11.1 Å². The lowest BCUT2D eigenvalue weighted by molar-refractivity contribution is 0.109. The van der Waals surface area contributed by atoms with E-state index < -0.39 is 0 Å². The average molecular weight is 266 g/mol. The van der Waals surface area contributed by atoms with Crippen LogP contribution >= 0.6 is 0 Å². The van der Waals surface area contributed by atoms with E-state index in [9.17, 15) is 0 Å². The van der Waals surface area contributed by atoms with Gasteiger partial charge in [-0.2, -0.15) is 0 Å². The second kappa shape index (κ2) is 6.60. The Labute approximate surface area is 117 Å². The molecule has 19 heavy (non-hydrogen) atoms. The van der Waals surface area contributed by atoms with E-state index in [1.54, 1.807) is 0 Å². The number of hydrogen-bond donors (Lipinski definition) is 2. The van der Waals surface area contributed by atoms with E-state index >= 15 is 0 Å². The van der Waals surface area contributed by atoms with Gasteiger partial charge in [-0.15, -0.1) is 0 Å². The summed E-state index contributed by atoms with van der Waals surface area (Å²) >= 11 is 0. The molecule has 0 heterocycles. The van der Waals surface area contributed by atoms with Crippen LogP contribution in [0.4, 0.5) is 0 Å². The van der Waals surface area contributed by atoms with Crippen LogP contribution in [0.5, 0.6) is 0 Å². The highest BCUT2D eigenvalue weighted by molar-refractivity contribution is 5.77. The normalized spacial score (nSPS) is 24.3. The molecule has 110 valence electrons. The van der Waals surface area contributed by atoms with Gasteiger partial charge in [-0.25, -0.2) is 0 Å². The maximum Gasteiger partial charge on any atom is 0.188 e. The van der Waals surface area contributed by atoms with Crippen molar-refractivity contribution in [2.75, 3.05) is 27.2 Å². The second-order valence-corrected chi connectivity index (χ2v) is 6.56. The van der Waals surface area contributed by atoms with E-state index in [1.165, 1.54) is 51.4 Å². The van der Waals surface area contributed by atoms with Gasteiger partial charge in [0.25, 0.3) is 0 Å². The van der Waals surface area contributed by atoms with Crippen molar-refractivity contribution in [2.45, 2.75) is 56.9 Å². The molecule has 4 nitrogen and oxygen atoms in total. The molecule has 0 radical (unpaired) electrons. The Morgan fingerprint density at radius 3 is 2.42 bits per heavy atom. The van der Waals surface area contributed by atoms with E-state index in [1.807, 2.05) is 0 Å². The molecule has 0 amide bonds. The molecular weight excluding hydrogens is 236 g/mol. The zero-order chi connectivity index (χ0) is 13.7. The summed E-state index contributed by atoms with van der Waals surface area (Å²) in [6, 6.07) is 0. The van der Waals surface area contributed by atoms with Crippen molar-refractivity contribution in [1.82, 2.24) is 10.2 Å². The first-order chi connectivity index (χ1) is 9.12. The van der Waals surface area contributed by atoms with Gasteiger partial charge in [-0.1, -0.05) is 25.7 Å². The fourth-order valence-corrected chi connectivity index (χ4v) is 3.19. The Morgan fingerprint density at radius 2 is 1.89 bits per heavy atom. The molecule has 0 spiro atoms. The van der Waals surface area contributed by atoms with Crippen LogP contribution in [-0.4, -0.2) is 43.6 Å². The lowest BCUT2D eigenvalue weighted by Gasteiger charge is -2.42. The minimum atomic E-state index is 0.237. The lowest BCUT2D eigenvalue weighted by atomic mass is 9.81. The van der Waals surface area contributed by atoms with E-state index in [0.29, 0.717) is 5.96 Å². The van der Waals surface area contributed by atoms with Crippen molar-refractivity contribution in [3.63, 3.8) is 0 Å². The average Bonchev–Trinajstić information content (AvgIpc) is 2.35. The highest BCUT2D eigenvalue weighted by Gasteiger charge is 2.33. The van der Waals surface area contributed by atoms with Gasteiger partial charge in [0, 0.05) is 12.1 Å². The van der Waals surface area contributed by atoms with E-state index in [2.05, 4.69) is 29.3 Å². The van der Waals surface area contributed by atoms with Crippen molar-refractivity contribution in [3.8, 4) is 0 Å². The minimum absolute atomic E-state index is 0.237. The topological polar surface area (TPSA) is 53.6 Å². The summed E-state index contributed by atoms with van der Waals surface area (Å²) in [5.41, 5.74) is 6.23. The number of aliphatic imine (C=N–C) groups is 1. The largest absolute Gasteiger partial charge is 0.370 e. The zero-order valence-electron chi connectivity index (χ0n) is 12.6. The lowest BCUT2D eigenvalue weighted by Crippen LogP contribution is -2.49. The van der Waals surface area contributed by atoms with Crippen molar-refractivity contribution in [3.05, 3.63) is 0 Å². The van der Waals surface area contributed by atoms with Crippen molar-refractivity contribution in [2.24, 2.45) is 16.6 Å². The summed E-state index contributed by atoms with van der Waals surface area (Å²) in [5, 5.41) is 3.29. The number of nitrogens with zero attached hydrogens (tertiary/aromatic N) is 2. The molecule has 0 aromatic rings. The molecule has 2 rings (SSSR count). The first kappa shape index (κ1) is 14.6. The molecule has 0 bridgehead atoms. The van der Waals surface area contributed by atoms with Gasteiger partial charge in [0.15, 0.2) is 5.96 Å². The van der Waals surface area contributed by atoms with E-state index in [0.717, 1.165) is 19.0 Å². The van der Waals surface area contributed by atoms with Crippen LogP contribution in [0, 0.1) is 5.92 Å². The Morgan fingerprint density at radius 1 is 1.21 bits per heavy atom. The number of hydrogen-bond acceptors (Lipinski definition) is 2. The highest BCUT2D eigenvalue weighted by Crippen LogP contribution is 2.32. The third-order valence-corrected chi connectivity index (χ3v) is 5.07. The third kappa shape index (κ3) is 3.85. The first-order valence-electron chi connectivity index (χ1n) is 7.84. The van der Waals surface area contributed by atoms with Gasteiger partial charge in [0.2, 0.25) is 0 Å². The predicted octanol–water partition coefficient (Wildman–Crippen LogP) is 1.96. The van der Waals surface area contributed by atoms with Crippen LogP contribution in [0.15, 0.2) is 4.99 Å². The Bertz CT molecular complexity index is 301. The van der Waals surface area contributed by atoms with Crippen LogP contribution in [0.25, 0.3) is 0 Å². The Kier molecular flexibility index (Phi) is 5.08. The molecule has 4 heteroatoms. The molecule has 2 aliphatic rings. The number of likely N-dealkylation sites (N-methyl/N-ethyl adjacent to an activating group) is 1. The minimum Gasteiger partial charge on any atom is -0.370 e. The van der Waals surface area contributed by atoms with E-state index in [-0.39, 0.29) is 5.54 Å². The molecule has 0 unspecified atom stereocenters. The molecule has 0 aromatic carbocycles. The molecule has 0 atom stereocenters. The fourth-order valence-electron chi connectivity index (χ4n) is 3.19. The zero-order valence-corrected chi connectivity index (χ0v) is 12.6. The standard InChI is InChI=1S/C15H30N4/c1-19(2)15(9-4-3-5-10-15)12-18-14(16)17-11-13-7-6-8-13/h13H,3-12H2,1-2H3,(H3,16,17,18).